The Labute approximate surface area is 253 Å². The maximum atomic E-state index is 2.35. The van der Waals surface area contributed by atoms with Gasteiger partial charge in [-0.15, -0.1) is 0 Å². The van der Waals surface area contributed by atoms with Crippen LogP contribution in [0.25, 0.3) is 0 Å². The van der Waals surface area contributed by atoms with Gasteiger partial charge in [-0.05, 0) is 123 Å². The fourth-order valence-corrected chi connectivity index (χ4v) is 5.42. The van der Waals surface area contributed by atoms with E-state index in [9.17, 15) is 0 Å². The first kappa shape index (κ1) is 29.2. The lowest BCUT2D eigenvalue weighted by molar-refractivity contribution is 0.795. The van der Waals surface area contributed by atoms with Crippen molar-refractivity contribution >= 4 is 34.1 Å². The first-order valence-corrected chi connectivity index (χ1v) is 15.6. The SMILES string of the molecule is CCCCc1ccc(N(c2ccc(C)cc2)c2ccc(N(c3ccc(C)cc3)c3ccc(CCCC)cc3)cc2)cc1. The number of nitrogens with zero attached hydrogens (tertiary/aromatic N) is 2. The summed E-state index contributed by atoms with van der Waals surface area (Å²) in [5, 5.41) is 0. The number of anilines is 6. The average Bonchev–Trinajstić information content (AvgIpc) is 3.03. The van der Waals surface area contributed by atoms with Gasteiger partial charge in [-0.1, -0.05) is 86.3 Å². The molecule has 214 valence electrons. The van der Waals surface area contributed by atoms with E-state index in [0.29, 0.717) is 0 Å². The maximum absolute atomic E-state index is 2.35. The van der Waals surface area contributed by atoms with Crippen LogP contribution in [0.1, 0.15) is 61.8 Å². The Balaban J connectivity index is 1.51. The summed E-state index contributed by atoms with van der Waals surface area (Å²) in [5.74, 6) is 0. The molecule has 0 N–H and O–H groups in total. The highest BCUT2D eigenvalue weighted by atomic mass is 15.2. The van der Waals surface area contributed by atoms with E-state index in [0.717, 1.165) is 35.6 Å². The first-order chi connectivity index (χ1) is 20.6. The van der Waals surface area contributed by atoms with Crippen molar-refractivity contribution in [1.29, 1.82) is 0 Å². The molecular weight excluding hydrogens is 508 g/mol. The van der Waals surface area contributed by atoms with E-state index in [-0.39, 0.29) is 0 Å². The van der Waals surface area contributed by atoms with Crippen molar-refractivity contribution in [3.8, 4) is 0 Å². The van der Waals surface area contributed by atoms with Crippen molar-refractivity contribution in [2.75, 3.05) is 9.80 Å². The summed E-state index contributed by atoms with van der Waals surface area (Å²) < 4.78 is 0. The summed E-state index contributed by atoms with van der Waals surface area (Å²) in [6, 6.07) is 44.8. The fourth-order valence-electron chi connectivity index (χ4n) is 5.42. The summed E-state index contributed by atoms with van der Waals surface area (Å²) in [6.07, 6.45) is 7.14. The monoisotopic (exact) mass is 552 g/mol. The second kappa shape index (κ2) is 14.0. The highest BCUT2D eigenvalue weighted by molar-refractivity contribution is 5.81. The molecule has 0 aliphatic carbocycles. The summed E-state index contributed by atoms with van der Waals surface area (Å²) in [5.41, 5.74) is 12.3. The molecule has 0 aromatic heterocycles. The van der Waals surface area contributed by atoms with Crippen LogP contribution in [-0.4, -0.2) is 0 Å². The summed E-state index contributed by atoms with van der Waals surface area (Å²) in [4.78, 5) is 4.71. The van der Waals surface area contributed by atoms with E-state index in [2.05, 4.69) is 159 Å². The van der Waals surface area contributed by atoms with Crippen LogP contribution in [0.3, 0.4) is 0 Å². The van der Waals surface area contributed by atoms with Gasteiger partial charge in [-0.2, -0.15) is 0 Å². The molecule has 0 atom stereocenters. The molecule has 0 aliphatic heterocycles. The molecule has 0 spiro atoms. The predicted octanol–water partition coefficient (Wildman–Crippen LogP) is 11.9. The third kappa shape index (κ3) is 7.12. The van der Waals surface area contributed by atoms with Gasteiger partial charge in [0.2, 0.25) is 0 Å². The molecule has 0 bridgehead atoms. The average molecular weight is 553 g/mol. The second-order valence-electron chi connectivity index (χ2n) is 11.4. The van der Waals surface area contributed by atoms with Crippen LogP contribution in [0.15, 0.2) is 121 Å². The van der Waals surface area contributed by atoms with Crippen LogP contribution in [0.2, 0.25) is 0 Å². The van der Waals surface area contributed by atoms with Gasteiger partial charge in [-0.25, -0.2) is 0 Å². The molecule has 0 aliphatic rings. The molecule has 0 saturated carbocycles. The van der Waals surface area contributed by atoms with Gasteiger partial charge >= 0.3 is 0 Å². The third-order valence-corrected chi connectivity index (χ3v) is 7.98. The molecule has 42 heavy (non-hydrogen) atoms. The van der Waals surface area contributed by atoms with Gasteiger partial charge in [0.25, 0.3) is 0 Å². The number of unbranched alkanes of at least 4 members (excludes halogenated alkanes) is 2. The Morgan fingerprint density at radius 2 is 0.595 bits per heavy atom. The van der Waals surface area contributed by atoms with Gasteiger partial charge in [0.15, 0.2) is 0 Å². The summed E-state index contributed by atoms with van der Waals surface area (Å²) in [6.45, 7) is 8.78. The lowest BCUT2D eigenvalue weighted by Gasteiger charge is -2.28. The number of hydrogen-bond acceptors (Lipinski definition) is 2. The Bertz CT molecular complexity index is 1390. The van der Waals surface area contributed by atoms with E-state index < -0.39 is 0 Å². The van der Waals surface area contributed by atoms with Crippen LogP contribution in [0.4, 0.5) is 34.1 Å². The topological polar surface area (TPSA) is 6.48 Å². The molecule has 5 rings (SSSR count). The highest BCUT2D eigenvalue weighted by Gasteiger charge is 2.16. The van der Waals surface area contributed by atoms with Crippen LogP contribution < -0.4 is 9.80 Å². The number of benzene rings is 5. The minimum Gasteiger partial charge on any atom is -0.311 e. The van der Waals surface area contributed by atoms with Crippen molar-refractivity contribution in [2.45, 2.75) is 66.2 Å². The van der Waals surface area contributed by atoms with Gasteiger partial charge in [-0.3, -0.25) is 0 Å². The van der Waals surface area contributed by atoms with Crippen LogP contribution in [-0.2, 0) is 12.8 Å². The number of hydrogen-bond donors (Lipinski definition) is 0. The second-order valence-corrected chi connectivity index (χ2v) is 11.4. The van der Waals surface area contributed by atoms with E-state index in [4.69, 9.17) is 0 Å². The lowest BCUT2D eigenvalue weighted by atomic mass is 10.1. The molecule has 2 heteroatoms. The van der Waals surface area contributed by atoms with Gasteiger partial charge in [0.05, 0.1) is 0 Å². The van der Waals surface area contributed by atoms with Crippen LogP contribution in [0.5, 0.6) is 0 Å². The van der Waals surface area contributed by atoms with Gasteiger partial charge < -0.3 is 9.80 Å². The molecule has 0 radical (unpaired) electrons. The first-order valence-electron chi connectivity index (χ1n) is 15.6. The van der Waals surface area contributed by atoms with Gasteiger partial charge in [0.1, 0.15) is 0 Å². The zero-order valence-electron chi connectivity index (χ0n) is 25.7. The van der Waals surface area contributed by atoms with Crippen LogP contribution >= 0.6 is 0 Å². The quantitative estimate of drug-likeness (QED) is 0.152. The summed E-state index contributed by atoms with van der Waals surface area (Å²) in [7, 11) is 0. The Hall–Kier alpha value is -4.30. The van der Waals surface area contributed by atoms with Crippen molar-refractivity contribution < 1.29 is 0 Å². The van der Waals surface area contributed by atoms with E-state index >= 15 is 0 Å². The number of rotatable bonds is 12. The molecule has 0 heterocycles. The van der Waals surface area contributed by atoms with E-state index in [1.807, 2.05) is 0 Å². The molecular formula is C40H44N2. The molecule has 0 amide bonds. The standard InChI is InChI=1S/C40H44N2/c1-5-7-9-33-15-23-37(24-16-33)41(35-19-11-31(3)12-20-35)39-27-29-40(30-28-39)42(36-21-13-32(4)14-22-36)38-25-17-34(18-26-38)10-8-6-2/h11-30H,5-10H2,1-4H3. The molecule has 5 aromatic carbocycles. The van der Waals surface area contributed by atoms with Crippen molar-refractivity contribution in [3.63, 3.8) is 0 Å². The van der Waals surface area contributed by atoms with Crippen molar-refractivity contribution in [1.82, 2.24) is 0 Å². The highest BCUT2D eigenvalue weighted by Crippen LogP contribution is 2.39. The van der Waals surface area contributed by atoms with Crippen molar-refractivity contribution in [2.24, 2.45) is 0 Å². The zero-order chi connectivity index (χ0) is 29.3. The van der Waals surface area contributed by atoms with E-state index in [1.54, 1.807) is 0 Å². The minimum atomic E-state index is 1.13. The fraction of sp³-hybridized carbons (Fsp3) is 0.250. The Kier molecular flexibility index (Phi) is 9.77. The molecule has 5 aromatic rings. The zero-order valence-corrected chi connectivity index (χ0v) is 25.7. The van der Waals surface area contributed by atoms with Crippen molar-refractivity contribution in [3.05, 3.63) is 144 Å². The lowest BCUT2D eigenvalue weighted by Crippen LogP contribution is -2.12. The smallest absolute Gasteiger partial charge is 0.0463 e. The Morgan fingerprint density at radius 3 is 0.857 bits per heavy atom. The largest absolute Gasteiger partial charge is 0.311 e. The normalized spacial score (nSPS) is 11.0. The predicted molar refractivity (Wildman–Crippen MR) is 183 cm³/mol. The number of aryl methyl sites for hydroxylation is 4. The maximum Gasteiger partial charge on any atom is 0.0463 e. The van der Waals surface area contributed by atoms with Gasteiger partial charge in [0, 0.05) is 34.1 Å². The van der Waals surface area contributed by atoms with E-state index in [1.165, 1.54) is 59.3 Å². The third-order valence-electron chi connectivity index (χ3n) is 7.98. The minimum absolute atomic E-state index is 1.13. The molecule has 0 unspecified atom stereocenters. The molecule has 0 saturated heterocycles. The Morgan fingerprint density at radius 1 is 0.357 bits per heavy atom. The van der Waals surface area contributed by atoms with Crippen LogP contribution in [0, 0.1) is 13.8 Å². The molecule has 2 nitrogen and oxygen atoms in total. The summed E-state index contributed by atoms with van der Waals surface area (Å²) >= 11 is 0. The molecule has 0 fully saturated rings.